The Labute approximate surface area is 177 Å². The second-order valence-corrected chi connectivity index (χ2v) is 7.76. The maximum absolute atomic E-state index is 11.8. The summed E-state index contributed by atoms with van der Waals surface area (Å²) in [7, 11) is 0. The SMILES string of the molecule is CCNC(=O)Nc1nc2cc(-c3ccc(C#N)nc3)c(NC3CCOCC3)nc2s1. The molecule has 1 fully saturated rings. The van der Waals surface area contributed by atoms with E-state index >= 15 is 0 Å². The molecule has 1 aliphatic heterocycles. The molecule has 0 aliphatic carbocycles. The first-order valence-electron chi connectivity index (χ1n) is 9.73. The van der Waals surface area contributed by atoms with Crippen LogP contribution in [0.25, 0.3) is 21.5 Å². The first kappa shape index (κ1) is 20.0. The van der Waals surface area contributed by atoms with Gasteiger partial charge in [0, 0.05) is 43.1 Å². The fourth-order valence-electron chi connectivity index (χ4n) is 3.20. The minimum atomic E-state index is -0.298. The van der Waals surface area contributed by atoms with E-state index < -0.39 is 0 Å². The summed E-state index contributed by atoms with van der Waals surface area (Å²) in [5.74, 6) is 0.731. The van der Waals surface area contributed by atoms with E-state index in [1.807, 2.05) is 25.1 Å². The Bertz CT molecular complexity index is 1080. The van der Waals surface area contributed by atoms with Crippen molar-refractivity contribution in [3.8, 4) is 17.2 Å². The van der Waals surface area contributed by atoms with Gasteiger partial charge in [0.2, 0.25) is 0 Å². The van der Waals surface area contributed by atoms with Crippen LogP contribution in [-0.4, -0.2) is 46.8 Å². The molecular formula is C20H21N7O2S. The van der Waals surface area contributed by atoms with Gasteiger partial charge in [-0.1, -0.05) is 11.3 Å². The second kappa shape index (κ2) is 9.02. The molecule has 10 heteroatoms. The molecular weight excluding hydrogens is 402 g/mol. The summed E-state index contributed by atoms with van der Waals surface area (Å²) in [6, 6.07) is 7.47. The van der Waals surface area contributed by atoms with Gasteiger partial charge in [0.1, 0.15) is 27.9 Å². The molecule has 30 heavy (non-hydrogen) atoms. The fourth-order valence-corrected chi connectivity index (χ4v) is 4.02. The fraction of sp³-hybridized carbons (Fsp3) is 0.350. The molecule has 0 radical (unpaired) electrons. The van der Waals surface area contributed by atoms with Crippen LogP contribution in [0.15, 0.2) is 24.4 Å². The lowest BCUT2D eigenvalue weighted by molar-refractivity contribution is 0.0904. The molecule has 3 N–H and O–H groups in total. The Morgan fingerprint density at radius 3 is 2.87 bits per heavy atom. The summed E-state index contributed by atoms with van der Waals surface area (Å²) in [5, 5.41) is 18.5. The summed E-state index contributed by atoms with van der Waals surface area (Å²) in [4.78, 5) is 26.1. The zero-order valence-corrected chi connectivity index (χ0v) is 17.3. The zero-order chi connectivity index (χ0) is 20.9. The average molecular weight is 424 g/mol. The summed E-state index contributed by atoms with van der Waals surface area (Å²) in [5.41, 5.74) is 2.72. The molecule has 0 unspecified atom stereocenters. The number of nitrogens with one attached hydrogen (secondary N) is 3. The smallest absolute Gasteiger partial charge is 0.321 e. The van der Waals surface area contributed by atoms with E-state index in [1.54, 1.807) is 12.3 Å². The molecule has 4 rings (SSSR count). The van der Waals surface area contributed by atoms with Crippen LogP contribution in [0.1, 0.15) is 25.5 Å². The molecule has 0 atom stereocenters. The highest BCUT2D eigenvalue weighted by Gasteiger charge is 2.19. The van der Waals surface area contributed by atoms with Crippen molar-refractivity contribution in [3.05, 3.63) is 30.1 Å². The zero-order valence-electron chi connectivity index (χ0n) is 16.4. The van der Waals surface area contributed by atoms with Crippen LogP contribution in [0, 0.1) is 11.3 Å². The molecule has 0 spiro atoms. The monoisotopic (exact) mass is 423 g/mol. The lowest BCUT2D eigenvalue weighted by Gasteiger charge is -2.24. The van der Waals surface area contributed by atoms with Gasteiger partial charge in [0.25, 0.3) is 0 Å². The first-order valence-corrected chi connectivity index (χ1v) is 10.5. The Morgan fingerprint density at radius 1 is 1.33 bits per heavy atom. The van der Waals surface area contributed by atoms with E-state index in [2.05, 4.69) is 25.9 Å². The van der Waals surface area contributed by atoms with E-state index in [0.29, 0.717) is 22.9 Å². The number of anilines is 2. The van der Waals surface area contributed by atoms with Gasteiger partial charge in [0.05, 0.1) is 0 Å². The molecule has 3 aromatic heterocycles. The highest BCUT2D eigenvalue weighted by molar-refractivity contribution is 7.22. The van der Waals surface area contributed by atoms with E-state index in [9.17, 15) is 4.79 Å². The van der Waals surface area contributed by atoms with Crippen LogP contribution in [0.3, 0.4) is 0 Å². The summed E-state index contributed by atoms with van der Waals surface area (Å²) in [6.07, 6.45) is 3.46. The van der Waals surface area contributed by atoms with Gasteiger partial charge in [-0.2, -0.15) is 5.26 Å². The number of rotatable bonds is 5. The van der Waals surface area contributed by atoms with Crippen molar-refractivity contribution in [2.45, 2.75) is 25.8 Å². The molecule has 9 nitrogen and oxygen atoms in total. The number of ether oxygens (including phenoxy) is 1. The molecule has 1 saturated heterocycles. The normalized spacial score (nSPS) is 14.3. The van der Waals surface area contributed by atoms with Gasteiger partial charge in [-0.05, 0) is 38.0 Å². The van der Waals surface area contributed by atoms with Crippen LogP contribution < -0.4 is 16.0 Å². The van der Waals surface area contributed by atoms with E-state index in [0.717, 1.165) is 47.8 Å². The van der Waals surface area contributed by atoms with Crippen LogP contribution in [0.4, 0.5) is 15.7 Å². The third-order valence-corrected chi connectivity index (χ3v) is 5.57. The molecule has 1 aliphatic rings. The maximum Gasteiger partial charge on any atom is 0.321 e. The molecule has 0 saturated carbocycles. The van der Waals surface area contributed by atoms with Crippen molar-refractivity contribution >= 4 is 38.7 Å². The third-order valence-electron chi connectivity index (χ3n) is 4.69. The number of carbonyl (C=O) groups excluding carboxylic acids is 1. The number of hydrogen-bond acceptors (Lipinski definition) is 8. The molecule has 154 valence electrons. The van der Waals surface area contributed by atoms with Gasteiger partial charge in [-0.3, -0.25) is 5.32 Å². The van der Waals surface area contributed by atoms with Crippen molar-refractivity contribution in [1.82, 2.24) is 20.3 Å². The lowest BCUT2D eigenvalue weighted by atomic mass is 10.1. The number of amides is 2. The third kappa shape index (κ3) is 4.48. The number of fused-ring (bicyclic) bond motifs is 1. The predicted molar refractivity (Wildman–Crippen MR) is 116 cm³/mol. The molecule has 0 bridgehead atoms. The van der Waals surface area contributed by atoms with Crippen molar-refractivity contribution in [2.75, 3.05) is 30.4 Å². The first-order chi connectivity index (χ1) is 14.7. The number of urea groups is 1. The van der Waals surface area contributed by atoms with Gasteiger partial charge in [-0.15, -0.1) is 0 Å². The Morgan fingerprint density at radius 2 is 2.17 bits per heavy atom. The average Bonchev–Trinajstić information content (AvgIpc) is 3.15. The van der Waals surface area contributed by atoms with Crippen LogP contribution >= 0.6 is 11.3 Å². The van der Waals surface area contributed by atoms with Gasteiger partial charge in [-0.25, -0.2) is 19.7 Å². The maximum atomic E-state index is 11.8. The Balaban J connectivity index is 1.72. The van der Waals surface area contributed by atoms with Crippen LogP contribution in [0.5, 0.6) is 0 Å². The van der Waals surface area contributed by atoms with Crippen molar-refractivity contribution in [2.24, 2.45) is 0 Å². The molecule has 0 aromatic carbocycles. The van der Waals surface area contributed by atoms with E-state index in [4.69, 9.17) is 15.0 Å². The number of carbonyl (C=O) groups is 1. The Kier molecular flexibility index (Phi) is 6.02. The number of nitriles is 1. The minimum Gasteiger partial charge on any atom is -0.381 e. The predicted octanol–water partition coefficient (Wildman–Crippen LogP) is 3.36. The lowest BCUT2D eigenvalue weighted by Crippen LogP contribution is -2.28. The van der Waals surface area contributed by atoms with Crippen LogP contribution in [0.2, 0.25) is 0 Å². The Hall–Kier alpha value is -3.29. The number of aromatic nitrogens is 3. The summed E-state index contributed by atoms with van der Waals surface area (Å²) in [6.45, 7) is 3.82. The van der Waals surface area contributed by atoms with Gasteiger partial charge < -0.3 is 15.4 Å². The highest BCUT2D eigenvalue weighted by atomic mass is 32.1. The number of nitrogens with zero attached hydrogens (tertiary/aromatic N) is 4. The van der Waals surface area contributed by atoms with Crippen molar-refractivity contribution in [1.29, 1.82) is 5.26 Å². The minimum absolute atomic E-state index is 0.259. The largest absolute Gasteiger partial charge is 0.381 e. The highest BCUT2D eigenvalue weighted by Crippen LogP contribution is 2.34. The number of hydrogen-bond donors (Lipinski definition) is 3. The summed E-state index contributed by atoms with van der Waals surface area (Å²) >= 11 is 1.32. The molecule has 4 heterocycles. The molecule has 2 amide bonds. The quantitative estimate of drug-likeness (QED) is 0.574. The summed E-state index contributed by atoms with van der Waals surface area (Å²) < 4.78 is 5.45. The molecule has 3 aromatic rings. The van der Waals surface area contributed by atoms with Gasteiger partial charge in [0.15, 0.2) is 5.13 Å². The van der Waals surface area contributed by atoms with Crippen LogP contribution in [-0.2, 0) is 4.74 Å². The number of pyridine rings is 2. The van der Waals surface area contributed by atoms with E-state index in [1.165, 1.54) is 11.3 Å². The van der Waals surface area contributed by atoms with Crippen molar-refractivity contribution < 1.29 is 9.53 Å². The number of thiazole rings is 1. The standard InChI is InChI=1S/C20H21N7O2S/c1-2-22-19(28)27-20-25-16-9-15(12-3-4-14(10-21)23-11-12)17(26-18(16)30-20)24-13-5-7-29-8-6-13/h3-4,9,11,13H,2,5-8H2,1H3,(H,24,26)(H2,22,25,27,28). The van der Waals surface area contributed by atoms with E-state index in [-0.39, 0.29) is 12.1 Å². The second-order valence-electron chi connectivity index (χ2n) is 6.79. The van der Waals surface area contributed by atoms with Crippen molar-refractivity contribution in [3.63, 3.8) is 0 Å². The topological polar surface area (TPSA) is 125 Å². The van der Waals surface area contributed by atoms with Gasteiger partial charge >= 0.3 is 6.03 Å².